The van der Waals surface area contributed by atoms with Crippen LogP contribution in [0.5, 0.6) is 0 Å². The van der Waals surface area contributed by atoms with Crippen molar-refractivity contribution in [2.45, 2.75) is 19.3 Å². The Morgan fingerprint density at radius 2 is 2.20 bits per heavy atom. The Bertz CT molecular complexity index is 624. The molecule has 108 valence electrons. The lowest BCUT2D eigenvalue weighted by atomic mass is 9.87. The number of carbonyl (C=O) groups excluding carboxylic acids is 1. The van der Waals surface area contributed by atoms with Gasteiger partial charge in [0.15, 0.2) is 0 Å². The molecular weight excluding hydrogens is 283 g/mol. The number of pyridine rings is 1. The molecule has 0 aliphatic heterocycles. The van der Waals surface area contributed by atoms with E-state index in [9.17, 15) is 17.6 Å². The van der Waals surface area contributed by atoms with Crippen LogP contribution in [0.3, 0.4) is 0 Å². The number of hydrogen-bond acceptors (Lipinski definition) is 4. The quantitative estimate of drug-likeness (QED) is 0.835. The van der Waals surface area contributed by atoms with E-state index in [4.69, 9.17) is 0 Å². The van der Waals surface area contributed by atoms with Crippen LogP contribution in [-0.2, 0) is 14.8 Å². The molecule has 1 N–H and O–H groups in total. The van der Waals surface area contributed by atoms with Gasteiger partial charge in [-0.2, -0.15) is 0 Å². The van der Waals surface area contributed by atoms with Crippen molar-refractivity contribution in [1.29, 1.82) is 0 Å². The first-order valence-corrected chi connectivity index (χ1v) is 7.93. The van der Waals surface area contributed by atoms with Gasteiger partial charge >= 0.3 is 0 Å². The van der Waals surface area contributed by atoms with E-state index in [1.165, 1.54) is 18.3 Å². The fourth-order valence-corrected chi connectivity index (χ4v) is 3.30. The van der Waals surface area contributed by atoms with E-state index in [-0.39, 0.29) is 11.7 Å². The molecular formula is C13H15FN2O3S. The van der Waals surface area contributed by atoms with Crippen molar-refractivity contribution in [2.75, 3.05) is 5.75 Å². The number of nitrogens with one attached hydrogen (secondary N) is 1. The second kappa shape index (κ2) is 6.13. The summed E-state index contributed by atoms with van der Waals surface area (Å²) in [4.78, 5) is 15.1. The van der Waals surface area contributed by atoms with E-state index in [2.05, 4.69) is 4.98 Å². The summed E-state index contributed by atoms with van der Waals surface area (Å²) in [6, 6.07) is 1.19. The van der Waals surface area contributed by atoms with Gasteiger partial charge in [-0.15, -0.1) is 0 Å². The summed E-state index contributed by atoms with van der Waals surface area (Å²) in [5, 5.41) is 0. The first kappa shape index (κ1) is 14.6. The third kappa shape index (κ3) is 4.41. The SMILES string of the molecule is O=C(C=Cc1cncc(F)c1)NS(=O)(=O)CC1CCC1. The minimum atomic E-state index is -3.59. The molecule has 1 amide bonds. The maximum absolute atomic E-state index is 12.9. The summed E-state index contributed by atoms with van der Waals surface area (Å²) in [6.45, 7) is 0. The Morgan fingerprint density at radius 3 is 2.80 bits per heavy atom. The molecule has 0 unspecified atom stereocenters. The largest absolute Gasteiger partial charge is 0.269 e. The highest BCUT2D eigenvalue weighted by Crippen LogP contribution is 2.27. The second-order valence-electron chi connectivity index (χ2n) is 4.81. The van der Waals surface area contributed by atoms with Crippen LogP contribution in [0.4, 0.5) is 4.39 Å². The number of sulfonamides is 1. The van der Waals surface area contributed by atoms with E-state index >= 15 is 0 Å². The van der Waals surface area contributed by atoms with Crippen LogP contribution >= 0.6 is 0 Å². The van der Waals surface area contributed by atoms with Crippen molar-refractivity contribution in [3.63, 3.8) is 0 Å². The molecule has 0 bridgehead atoms. The molecule has 1 aromatic heterocycles. The highest BCUT2D eigenvalue weighted by Gasteiger charge is 2.25. The van der Waals surface area contributed by atoms with Crippen LogP contribution < -0.4 is 4.72 Å². The van der Waals surface area contributed by atoms with Crippen LogP contribution in [0.1, 0.15) is 24.8 Å². The van der Waals surface area contributed by atoms with Gasteiger partial charge in [-0.05, 0) is 36.5 Å². The maximum Gasteiger partial charge on any atom is 0.257 e. The molecule has 0 aromatic carbocycles. The average Bonchev–Trinajstić information content (AvgIpc) is 2.31. The summed E-state index contributed by atoms with van der Waals surface area (Å²) >= 11 is 0. The Morgan fingerprint density at radius 1 is 1.45 bits per heavy atom. The predicted octanol–water partition coefficient (Wildman–Crippen LogP) is 1.48. The van der Waals surface area contributed by atoms with Gasteiger partial charge in [0.05, 0.1) is 11.9 Å². The normalized spacial score (nSPS) is 16.1. The Kier molecular flexibility index (Phi) is 4.49. The molecule has 7 heteroatoms. The molecule has 2 rings (SSSR count). The fraction of sp³-hybridized carbons (Fsp3) is 0.385. The second-order valence-corrected chi connectivity index (χ2v) is 6.58. The number of rotatable bonds is 5. The van der Waals surface area contributed by atoms with E-state index in [0.29, 0.717) is 5.56 Å². The van der Waals surface area contributed by atoms with E-state index in [1.807, 2.05) is 4.72 Å². The Hall–Kier alpha value is -1.76. The Balaban J connectivity index is 1.91. The minimum Gasteiger partial charge on any atom is -0.269 e. The lowest BCUT2D eigenvalue weighted by Crippen LogP contribution is -2.35. The van der Waals surface area contributed by atoms with Crippen molar-refractivity contribution in [1.82, 2.24) is 9.71 Å². The van der Waals surface area contributed by atoms with Gasteiger partial charge in [0.1, 0.15) is 5.82 Å². The molecule has 0 atom stereocenters. The molecule has 1 aliphatic carbocycles. The number of halogens is 1. The number of nitrogens with zero attached hydrogens (tertiary/aromatic N) is 1. The summed E-state index contributed by atoms with van der Waals surface area (Å²) < 4.78 is 38.2. The zero-order chi connectivity index (χ0) is 14.6. The van der Waals surface area contributed by atoms with E-state index < -0.39 is 21.7 Å². The highest BCUT2D eigenvalue weighted by atomic mass is 32.2. The molecule has 1 aromatic rings. The molecule has 0 saturated heterocycles. The standard InChI is InChI=1S/C13H15FN2O3S/c14-12-6-11(7-15-8-12)4-5-13(17)16-20(18,19)9-10-2-1-3-10/h4-8,10H,1-3,9H2,(H,16,17). The van der Waals surface area contributed by atoms with Crippen molar-refractivity contribution < 1.29 is 17.6 Å². The zero-order valence-corrected chi connectivity index (χ0v) is 11.6. The summed E-state index contributed by atoms with van der Waals surface area (Å²) in [5.41, 5.74) is 0.386. The summed E-state index contributed by atoms with van der Waals surface area (Å²) in [7, 11) is -3.59. The van der Waals surface area contributed by atoms with Gasteiger partial charge in [0, 0.05) is 12.3 Å². The molecule has 5 nitrogen and oxygen atoms in total. The highest BCUT2D eigenvalue weighted by molar-refractivity contribution is 7.90. The van der Waals surface area contributed by atoms with Crippen LogP contribution in [0.25, 0.3) is 6.08 Å². The van der Waals surface area contributed by atoms with Crippen molar-refractivity contribution in [3.05, 3.63) is 35.9 Å². The van der Waals surface area contributed by atoms with E-state index in [0.717, 1.165) is 31.5 Å². The monoisotopic (exact) mass is 298 g/mol. The van der Waals surface area contributed by atoms with E-state index in [1.54, 1.807) is 0 Å². The van der Waals surface area contributed by atoms with Gasteiger partial charge in [-0.1, -0.05) is 6.42 Å². The number of amides is 1. The van der Waals surface area contributed by atoms with Crippen molar-refractivity contribution in [2.24, 2.45) is 5.92 Å². The maximum atomic E-state index is 12.9. The first-order chi connectivity index (χ1) is 9.44. The molecule has 0 spiro atoms. The number of carbonyl (C=O) groups is 1. The van der Waals surface area contributed by atoms with Gasteiger partial charge in [0.2, 0.25) is 10.0 Å². The first-order valence-electron chi connectivity index (χ1n) is 6.28. The Labute approximate surface area is 117 Å². The number of aromatic nitrogens is 1. The van der Waals surface area contributed by atoms with Crippen molar-refractivity contribution in [3.8, 4) is 0 Å². The molecule has 1 aliphatic rings. The third-order valence-corrected chi connectivity index (χ3v) is 4.51. The zero-order valence-electron chi connectivity index (χ0n) is 10.8. The van der Waals surface area contributed by atoms with Crippen LogP contribution in [-0.4, -0.2) is 25.1 Å². The van der Waals surface area contributed by atoms with Gasteiger partial charge < -0.3 is 0 Å². The molecule has 1 fully saturated rings. The van der Waals surface area contributed by atoms with Crippen LogP contribution in [0.15, 0.2) is 24.5 Å². The molecule has 0 radical (unpaired) electrons. The fourth-order valence-electron chi connectivity index (χ4n) is 1.89. The summed E-state index contributed by atoms with van der Waals surface area (Å²) in [5.74, 6) is -1.14. The molecule has 1 saturated carbocycles. The van der Waals surface area contributed by atoms with Gasteiger partial charge in [-0.3, -0.25) is 9.78 Å². The lowest BCUT2D eigenvalue weighted by Gasteiger charge is -2.24. The lowest BCUT2D eigenvalue weighted by molar-refractivity contribution is -0.114. The van der Waals surface area contributed by atoms with Crippen molar-refractivity contribution >= 4 is 22.0 Å². The van der Waals surface area contributed by atoms with Gasteiger partial charge in [-0.25, -0.2) is 17.5 Å². The molecule has 1 heterocycles. The number of hydrogen-bond donors (Lipinski definition) is 1. The smallest absolute Gasteiger partial charge is 0.257 e. The predicted molar refractivity (Wildman–Crippen MR) is 72.5 cm³/mol. The average molecular weight is 298 g/mol. The van der Waals surface area contributed by atoms with Crippen LogP contribution in [0, 0.1) is 11.7 Å². The molecule has 20 heavy (non-hydrogen) atoms. The van der Waals surface area contributed by atoms with Gasteiger partial charge in [0.25, 0.3) is 5.91 Å². The topological polar surface area (TPSA) is 76.1 Å². The minimum absolute atomic E-state index is 0.0197. The third-order valence-electron chi connectivity index (χ3n) is 3.09. The van der Waals surface area contributed by atoms with Crippen LogP contribution in [0.2, 0.25) is 0 Å². The summed E-state index contributed by atoms with van der Waals surface area (Å²) in [6.07, 6.45) is 7.59.